The maximum Gasteiger partial charge on any atom is 0.0722 e. The summed E-state index contributed by atoms with van der Waals surface area (Å²) in [5.74, 6) is 0. The fraction of sp³-hybridized carbons (Fsp3) is 0.167. The molecule has 0 radical (unpaired) electrons. The Balaban J connectivity index is 1.84. The maximum atomic E-state index is 5.25. The number of aromatic nitrogens is 1. The van der Waals surface area contributed by atoms with Crippen LogP contribution in [0.3, 0.4) is 0 Å². The predicted molar refractivity (Wildman–Crippen MR) is 86.2 cm³/mol. The molecule has 3 nitrogen and oxygen atoms in total. The number of anilines is 1. The number of nitrogens with one attached hydrogen (secondary N) is 1. The predicted octanol–water partition coefficient (Wildman–Crippen LogP) is 3.99. The van der Waals surface area contributed by atoms with Crippen molar-refractivity contribution in [1.29, 1.82) is 0 Å². The molecule has 0 aliphatic carbocycles. The fourth-order valence-corrected chi connectivity index (χ4v) is 2.47. The van der Waals surface area contributed by atoms with E-state index in [9.17, 15) is 0 Å². The number of pyridine rings is 1. The lowest BCUT2D eigenvalue weighted by molar-refractivity contribution is 0.184. The first-order valence-electron chi connectivity index (χ1n) is 7.02. The van der Waals surface area contributed by atoms with Crippen LogP contribution in [0.25, 0.3) is 10.9 Å². The molecule has 0 fully saturated rings. The second-order valence-corrected chi connectivity index (χ2v) is 4.93. The van der Waals surface area contributed by atoms with Gasteiger partial charge in [-0.1, -0.05) is 42.5 Å². The first-order chi connectivity index (χ1) is 10.4. The van der Waals surface area contributed by atoms with Crippen molar-refractivity contribution in [2.24, 2.45) is 0 Å². The van der Waals surface area contributed by atoms with Crippen molar-refractivity contribution in [3.05, 3.63) is 71.9 Å². The van der Waals surface area contributed by atoms with Gasteiger partial charge in [0.25, 0.3) is 0 Å². The number of benzene rings is 2. The standard InChI is InChI=1S/C18H18N2O/c1-21-13-15-7-3-2-6-14(15)12-20-18-10-11-19-17-9-5-4-8-16(17)18/h2-11H,12-13H2,1H3,(H,19,20). The molecule has 0 atom stereocenters. The van der Waals surface area contributed by atoms with Gasteiger partial charge in [0.2, 0.25) is 0 Å². The van der Waals surface area contributed by atoms with E-state index < -0.39 is 0 Å². The fourth-order valence-electron chi connectivity index (χ4n) is 2.47. The third-order valence-electron chi connectivity index (χ3n) is 3.54. The summed E-state index contributed by atoms with van der Waals surface area (Å²) in [6, 6.07) is 18.5. The van der Waals surface area contributed by atoms with Crippen LogP contribution in [-0.2, 0) is 17.9 Å². The number of methoxy groups -OCH3 is 1. The number of para-hydroxylation sites is 1. The van der Waals surface area contributed by atoms with Crippen LogP contribution < -0.4 is 5.32 Å². The Hall–Kier alpha value is -2.39. The molecule has 2 aromatic carbocycles. The molecule has 0 saturated heterocycles. The van der Waals surface area contributed by atoms with E-state index in [1.807, 2.05) is 36.5 Å². The molecule has 0 aliphatic rings. The summed E-state index contributed by atoms with van der Waals surface area (Å²) >= 11 is 0. The van der Waals surface area contributed by atoms with Crippen molar-refractivity contribution < 1.29 is 4.74 Å². The summed E-state index contributed by atoms with van der Waals surface area (Å²) < 4.78 is 5.25. The lowest BCUT2D eigenvalue weighted by Gasteiger charge is -2.12. The van der Waals surface area contributed by atoms with Crippen molar-refractivity contribution in [2.75, 3.05) is 12.4 Å². The molecule has 0 amide bonds. The molecule has 3 heteroatoms. The van der Waals surface area contributed by atoms with E-state index in [-0.39, 0.29) is 0 Å². The minimum absolute atomic E-state index is 0.634. The zero-order chi connectivity index (χ0) is 14.5. The van der Waals surface area contributed by atoms with E-state index in [1.54, 1.807) is 7.11 Å². The van der Waals surface area contributed by atoms with Gasteiger partial charge in [0.1, 0.15) is 0 Å². The second-order valence-electron chi connectivity index (χ2n) is 4.93. The van der Waals surface area contributed by atoms with Crippen LogP contribution in [0.1, 0.15) is 11.1 Å². The van der Waals surface area contributed by atoms with Gasteiger partial charge in [0, 0.05) is 30.9 Å². The van der Waals surface area contributed by atoms with E-state index in [1.165, 1.54) is 11.1 Å². The van der Waals surface area contributed by atoms with Gasteiger partial charge in [0.05, 0.1) is 12.1 Å². The number of hydrogen-bond donors (Lipinski definition) is 1. The lowest BCUT2D eigenvalue weighted by atomic mass is 10.1. The van der Waals surface area contributed by atoms with Crippen LogP contribution in [0.15, 0.2) is 60.8 Å². The van der Waals surface area contributed by atoms with Crippen LogP contribution in [0.2, 0.25) is 0 Å². The molecule has 0 bridgehead atoms. The van der Waals surface area contributed by atoms with Crippen LogP contribution >= 0.6 is 0 Å². The SMILES string of the molecule is COCc1ccccc1CNc1ccnc2ccccc12. The Morgan fingerprint density at radius 3 is 2.57 bits per heavy atom. The molecule has 0 saturated carbocycles. The molecule has 1 heterocycles. The minimum atomic E-state index is 0.634. The van der Waals surface area contributed by atoms with Crippen molar-refractivity contribution in [1.82, 2.24) is 4.98 Å². The van der Waals surface area contributed by atoms with Crippen LogP contribution in [0.4, 0.5) is 5.69 Å². The van der Waals surface area contributed by atoms with E-state index in [4.69, 9.17) is 4.74 Å². The maximum absolute atomic E-state index is 5.25. The summed E-state index contributed by atoms with van der Waals surface area (Å²) in [5.41, 5.74) is 4.58. The zero-order valence-corrected chi connectivity index (χ0v) is 12.0. The monoisotopic (exact) mass is 278 g/mol. The van der Waals surface area contributed by atoms with E-state index >= 15 is 0 Å². The smallest absolute Gasteiger partial charge is 0.0722 e. The summed E-state index contributed by atoms with van der Waals surface area (Å²) in [5, 5.41) is 4.65. The number of nitrogens with zero attached hydrogens (tertiary/aromatic N) is 1. The van der Waals surface area contributed by atoms with Gasteiger partial charge in [-0.05, 0) is 23.3 Å². The van der Waals surface area contributed by atoms with Gasteiger partial charge in [0.15, 0.2) is 0 Å². The van der Waals surface area contributed by atoms with Crippen LogP contribution in [-0.4, -0.2) is 12.1 Å². The van der Waals surface area contributed by atoms with Gasteiger partial charge in [-0.25, -0.2) is 0 Å². The number of fused-ring (bicyclic) bond motifs is 1. The second kappa shape index (κ2) is 6.37. The van der Waals surface area contributed by atoms with Gasteiger partial charge in [-0.15, -0.1) is 0 Å². The number of ether oxygens (including phenoxy) is 1. The molecular formula is C18H18N2O. The van der Waals surface area contributed by atoms with Crippen LogP contribution in [0, 0.1) is 0 Å². The largest absolute Gasteiger partial charge is 0.380 e. The van der Waals surface area contributed by atoms with Gasteiger partial charge >= 0.3 is 0 Å². The molecule has 0 spiro atoms. The summed E-state index contributed by atoms with van der Waals surface area (Å²) in [4.78, 5) is 4.38. The van der Waals surface area contributed by atoms with Crippen molar-refractivity contribution in [3.63, 3.8) is 0 Å². The van der Waals surface area contributed by atoms with Gasteiger partial charge < -0.3 is 10.1 Å². The lowest BCUT2D eigenvalue weighted by Crippen LogP contribution is -2.04. The Bertz CT molecular complexity index is 735. The first kappa shape index (κ1) is 13.6. The Kier molecular flexibility index (Phi) is 4.12. The molecule has 3 rings (SSSR count). The summed E-state index contributed by atoms with van der Waals surface area (Å²) in [6.07, 6.45) is 1.84. The van der Waals surface area contributed by atoms with Crippen molar-refractivity contribution >= 4 is 16.6 Å². The Morgan fingerprint density at radius 2 is 1.71 bits per heavy atom. The molecule has 3 aromatic rings. The molecule has 106 valence electrons. The molecule has 0 unspecified atom stereocenters. The Labute approximate surface area is 124 Å². The van der Waals surface area contributed by atoms with Crippen molar-refractivity contribution in [2.45, 2.75) is 13.2 Å². The highest BCUT2D eigenvalue weighted by atomic mass is 16.5. The van der Waals surface area contributed by atoms with E-state index in [2.05, 4.69) is 34.6 Å². The highest BCUT2D eigenvalue weighted by Crippen LogP contribution is 2.22. The third-order valence-corrected chi connectivity index (χ3v) is 3.54. The molecular weight excluding hydrogens is 260 g/mol. The quantitative estimate of drug-likeness (QED) is 0.766. The van der Waals surface area contributed by atoms with Gasteiger partial charge in [-0.3, -0.25) is 4.98 Å². The van der Waals surface area contributed by atoms with E-state index in [0.717, 1.165) is 23.1 Å². The van der Waals surface area contributed by atoms with E-state index in [0.29, 0.717) is 6.61 Å². The van der Waals surface area contributed by atoms with Crippen LogP contribution in [0.5, 0.6) is 0 Å². The molecule has 1 N–H and O–H groups in total. The third kappa shape index (κ3) is 3.03. The summed E-state index contributed by atoms with van der Waals surface area (Å²) in [6.45, 7) is 1.41. The van der Waals surface area contributed by atoms with Crippen molar-refractivity contribution in [3.8, 4) is 0 Å². The zero-order valence-electron chi connectivity index (χ0n) is 12.0. The van der Waals surface area contributed by atoms with Gasteiger partial charge in [-0.2, -0.15) is 0 Å². The first-order valence-corrected chi connectivity index (χ1v) is 7.02. The normalized spacial score (nSPS) is 10.7. The molecule has 21 heavy (non-hydrogen) atoms. The topological polar surface area (TPSA) is 34.1 Å². The summed E-state index contributed by atoms with van der Waals surface area (Å²) in [7, 11) is 1.72. The molecule has 1 aromatic heterocycles. The highest BCUT2D eigenvalue weighted by molar-refractivity contribution is 5.90. The highest BCUT2D eigenvalue weighted by Gasteiger charge is 2.04. The number of hydrogen-bond acceptors (Lipinski definition) is 3. The average Bonchev–Trinajstić information content (AvgIpc) is 2.54. The molecule has 0 aliphatic heterocycles. The average molecular weight is 278 g/mol. The minimum Gasteiger partial charge on any atom is -0.380 e. The Morgan fingerprint density at radius 1 is 0.952 bits per heavy atom. The number of rotatable bonds is 5.